The van der Waals surface area contributed by atoms with Crippen LogP contribution in [0.4, 0.5) is 17.6 Å². The normalized spacial score (nSPS) is 15.9. The Bertz CT molecular complexity index is 1230. The van der Waals surface area contributed by atoms with E-state index in [0.29, 0.717) is 23.0 Å². The van der Waals surface area contributed by atoms with Gasteiger partial charge in [-0.25, -0.2) is 9.97 Å². The molecule has 0 bridgehead atoms. The largest absolute Gasteiger partial charge is 0.369 e. The molecule has 2 aliphatic rings. The van der Waals surface area contributed by atoms with E-state index in [2.05, 4.69) is 20.6 Å². The van der Waals surface area contributed by atoms with Crippen molar-refractivity contribution in [1.29, 1.82) is 0 Å². The standard InChI is InChI=1S/C22H24N6O2/c1-12-16-11-24-22(26-17-8-7-14-9-10-23-19(14)25-17)27-20(16)28(15-5-3-4-6-15)21(30)18(12)13(2)29/h7-8,11,15H,3-6,9-10H2,1-2H3,(H2,23,24,25,26,27). The lowest BCUT2D eigenvalue weighted by atomic mass is 10.0. The molecule has 0 aromatic carbocycles. The summed E-state index contributed by atoms with van der Waals surface area (Å²) < 4.78 is 1.72. The van der Waals surface area contributed by atoms with Crippen LogP contribution in [0, 0.1) is 6.92 Å². The number of rotatable bonds is 4. The first-order chi connectivity index (χ1) is 14.5. The first-order valence-electron chi connectivity index (χ1n) is 10.5. The minimum absolute atomic E-state index is 0.0590. The molecule has 2 N–H and O–H groups in total. The van der Waals surface area contributed by atoms with E-state index in [9.17, 15) is 9.59 Å². The van der Waals surface area contributed by atoms with E-state index in [1.807, 2.05) is 12.1 Å². The molecule has 5 rings (SSSR count). The third kappa shape index (κ3) is 3.03. The maximum absolute atomic E-state index is 13.3. The predicted octanol–water partition coefficient (Wildman–Crippen LogP) is 3.52. The van der Waals surface area contributed by atoms with Crippen molar-refractivity contribution >= 4 is 34.4 Å². The van der Waals surface area contributed by atoms with Crippen LogP contribution in [-0.4, -0.2) is 31.8 Å². The molecule has 1 saturated carbocycles. The van der Waals surface area contributed by atoms with Crippen LogP contribution >= 0.6 is 0 Å². The van der Waals surface area contributed by atoms with Crippen LogP contribution in [-0.2, 0) is 6.42 Å². The number of carbonyl (C=O) groups excluding carboxylic acids is 1. The van der Waals surface area contributed by atoms with Gasteiger partial charge in [-0.2, -0.15) is 4.98 Å². The molecule has 1 aliphatic heterocycles. The minimum atomic E-state index is -0.246. The highest BCUT2D eigenvalue weighted by atomic mass is 16.1. The van der Waals surface area contributed by atoms with Gasteiger partial charge < -0.3 is 10.6 Å². The first-order valence-corrected chi connectivity index (χ1v) is 10.5. The summed E-state index contributed by atoms with van der Waals surface area (Å²) in [5.74, 6) is 1.69. The molecule has 4 heterocycles. The Morgan fingerprint density at radius 1 is 1.23 bits per heavy atom. The topological polar surface area (TPSA) is 102 Å². The zero-order valence-corrected chi connectivity index (χ0v) is 17.2. The molecule has 0 radical (unpaired) electrons. The Labute approximate surface area is 173 Å². The quantitative estimate of drug-likeness (QED) is 0.642. The second-order valence-electron chi connectivity index (χ2n) is 8.11. The predicted molar refractivity (Wildman–Crippen MR) is 116 cm³/mol. The van der Waals surface area contributed by atoms with E-state index in [0.717, 1.165) is 49.9 Å². The Morgan fingerprint density at radius 3 is 2.80 bits per heavy atom. The summed E-state index contributed by atoms with van der Waals surface area (Å²) in [6.45, 7) is 4.13. The van der Waals surface area contributed by atoms with E-state index in [4.69, 9.17) is 4.98 Å². The molecule has 8 heteroatoms. The lowest BCUT2D eigenvalue weighted by Crippen LogP contribution is -2.30. The Balaban J connectivity index is 1.64. The molecular weight excluding hydrogens is 380 g/mol. The van der Waals surface area contributed by atoms with E-state index >= 15 is 0 Å². The van der Waals surface area contributed by atoms with Gasteiger partial charge in [0.2, 0.25) is 5.95 Å². The number of aromatic nitrogens is 4. The molecule has 0 spiro atoms. The summed E-state index contributed by atoms with van der Waals surface area (Å²) in [7, 11) is 0. The smallest absolute Gasteiger partial charge is 0.263 e. The zero-order chi connectivity index (χ0) is 20.8. The minimum Gasteiger partial charge on any atom is -0.369 e. The number of ketones is 1. The van der Waals surface area contributed by atoms with Crippen LogP contribution in [0.1, 0.15) is 60.1 Å². The van der Waals surface area contributed by atoms with Crippen molar-refractivity contribution in [2.24, 2.45) is 0 Å². The number of aryl methyl sites for hydroxylation is 1. The number of hydrogen-bond donors (Lipinski definition) is 2. The number of pyridine rings is 2. The van der Waals surface area contributed by atoms with Crippen LogP contribution in [0.3, 0.4) is 0 Å². The third-order valence-corrected chi connectivity index (χ3v) is 6.16. The number of fused-ring (bicyclic) bond motifs is 2. The van der Waals surface area contributed by atoms with Crippen molar-refractivity contribution < 1.29 is 4.79 Å². The summed E-state index contributed by atoms with van der Waals surface area (Å²) >= 11 is 0. The van der Waals surface area contributed by atoms with Gasteiger partial charge >= 0.3 is 0 Å². The van der Waals surface area contributed by atoms with Gasteiger partial charge in [0.25, 0.3) is 5.56 Å². The highest BCUT2D eigenvalue weighted by molar-refractivity contribution is 5.99. The van der Waals surface area contributed by atoms with E-state index in [-0.39, 0.29) is 22.9 Å². The molecule has 8 nitrogen and oxygen atoms in total. The van der Waals surface area contributed by atoms with Gasteiger partial charge in [0.05, 0.1) is 5.56 Å². The van der Waals surface area contributed by atoms with Gasteiger partial charge in [-0.3, -0.25) is 14.2 Å². The van der Waals surface area contributed by atoms with Crippen LogP contribution in [0.5, 0.6) is 0 Å². The monoisotopic (exact) mass is 404 g/mol. The zero-order valence-electron chi connectivity index (χ0n) is 17.2. The molecule has 154 valence electrons. The summed E-state index contributed by atoms with van der Waals surface area (Å²) in [5.41, 5.74) is 2.41. The second kappa shape index (κ2) is 7.19. The highest BCUT2D eigenvalue weighted by Gasteiger charge is 2.26. The van der Waals surface area contributed by atoms with E-state index in [1.54, 1.807) is 17.7 Å². The third-order valence-electron chi connectivity index (χ3n) is 6.16. The van der Waals surface area contributed by atoms with Crippen LogP contribution in [0.25, 0.3) is 11.0 Å². The van der Waals surface area contributed by atoms with E-state index < -0.39 is 0 Å². The van der Waals surface area contributed by atoms with Crippen molar-refractivity contribution in [3.63, 3.8) is 0 Å². The van der Waals surface area contributed by atoms with Crippen molar-refractivity contribution in [2.45, 2.75) is 52.0 Å². The number of nitrogens with one attached hydrogen (secondary N) is 2. The lowest BCUT2D eigenvalue weighted by molar-refractivity contribution is 0.101. The van der Waals surface area contributed by atoms with Gasteiger partial charge in [-0.1, -0.05) is 18.9 Å². The van der Waals surface area contributed by atoms with Crippen LogP contribution < -0.4 is 16.2 Å². The van der Waals surface area contributed by atoms with Crippen molar-refractivity contribution in [2.75, 3.05) is 17.2 Å². The Morgan fingerprint density at radius 2 is 2.03 bits per heavy atom. The second-order valence-corrected chi connectivity index (χ2v) is 8.11. The van der Waals surface area contributed by atoms with Crippen LogP contribution in [0.2, 0.25) is 0 Å². The summed E-state index contributed by atoms with van der Waals surface area (Å²) in [6.07, 6.45) is 6.65. The van der Waals surface area contributed by atoms with Gasteiger partial charge in [-0.15, -0.1) is 0 Å². The fraction of sp³-hybridized carbons (Fsp3) is 0.409. The fourth-order valence-corrected chi connectivity index (χ4v) is 4.65. The first kappa shape index (κ1) is 18.7. The molecule has 0 atom stereocenters. The van der Waals surface area contributed by atoms with Gasteiger partial charge in [-0.05, 0) is 50.3 Å². The molecule has 1 aliphatic carbocycles. The Kier molecular flexibility index (Phi) is 4.49. The van der Waals surface area contributed by atoms with Crippen LogP contribution in [0.15, 0.2) is 23.1 Å². The maximum Gasteiger partial charge on any atom is 0.263 e. The SMILES string of the molecule is CC(=O)c1c(C)c2cnc(Nc3ccc4c(n3)NCC4)nc2n(C2CCCC2)c1=O. The van der Waals surface area contributed by atoms with Crippen molar-refractivity contribution in [3.05, 3.63) is 45.4 Å². The molecule has 0 unspecified atom stereocenters. The average Bonchev–Trinajstić information content (AvgIpc) is 3.39. The van der Waals surface area contributed by atoms with Gasteiger partial charge in [0, 0.05) is 24.2 Å². The Hall–Kier alpha value is -3.29. The lowest BCUT2D eigenvalue weighted by Gasteiger charge is -2.19. The van der Waals surface area contributed by atoms with Crippen molar-refractivity contribution in [3.8, 4) is 0 Å². The molecule has 3 aromatic heterocycles. The molecule has 3 aromatic rings. The maximum atomic E-state index is 13.3. The highest BCUT2D eigenvalue weighted by Crippen LogP contribution is 2.32. The number of Topliss-reactive ketones (excluding diaryl/α,β-unsaturated/α-hetero) is 1. The average molecular weight is 404 g/mol. The number of carbonyl (C=O) groups is 1. The fourth-order valence-electron chi connectivity index (χ4n) is 4.65. The van der Waals surface area contributed by atoms with Gasteiger partial charge in [0.15, 0.2) is 5.78 Å². The van der Waals surface area contributed by atoms with Gasteiger partial charge in [0.1, 0.15) is 17.3 Å². The van der Waals surface area contributed by atoms with E-state index in [1.165, 1.54) is 12.5 Å². The summed E-state index contributed by atoms with van der Waals surface area (Å²) in [6, 6.07) is 4.01. The summed E-state index contributed by atoms with van der Waals surface area (Å²) in [5, 5.41) is 7.17. The molecular formula is C22H24N6O2. The molecule has 30 heavy (non-hydrogen) atoms. The molecule has 0 amide bonds. The summed E-state index contributed by atoms with van der Waals surface area (Å²) in [4.78, 5) is 39.2. The number of anilines is 3. The molecule has 1 fully saturated rings. The van der Waals surface area contributed by atoms with Crippen molar-refractivity contribution in [1.82, 2.24) is 19.5 Å². The number of nitrogens with zero attached hydrogens (tertiary/aromatic N) is 4. The molecule has 0 saturated heterocycles. The number of hydrogen-bond acceptors (Lipinski definition) is 7.